The summed E-state index contributed by atoms with van der Waals surface area (Å²) in [5.41, 5.74) is 8.11. The average Bonchev–Trinajstić information content (AvgIpc) is 2.71. The number of aromatic nitrogens is 2. The smallest absolute Gasteiger partial charge is 0.240 e. The van der Waals surface area contributed by atoms with Gasteiger partial charge in [0.2, 0.25) is 11.8 Å². The van der Waals surface area contributed by atoms with E-state index >= 15 is 0 Å². The summed E-state index contributed by atoms with van der Waals surface area (Å²) >= 11 is 0. The number of hydrogen-bond donors (Lipinski definition) is 2. The maximum Gasteiger partial charge on any atom is 0.240 e. The van der Waals surface area contributed by atoms with Crippen molar-refractivity contribution in [1.29, 1.82) is 0 Å². The van der Waals surface area contributed by atoms with Crippen LogP contribution in [0.3, 0.4) is 0 Å². The van der Waals surface area contributed by atoms with E-state index in [9.17, 15) is 9.59 Å². The number of carbonyl (C=O) groups excluding carboxylic acids is 2. The van der Waals surface area contributed by atoms with Crippen LogP contribution in [-0.2, 0) is 9.59 Å². The number of hydrazone groups is 2. The minimum absolute atomic E-state index is 0.202. The lowest BCUT2D eigenvalue weighted by Gasteiger charge is -2.04. The molecule has 0 aliphatic rings. The lowest BCUT2D eigenvalue weighted by atomic mass is 10.2. The van der Waals surface area contributed by atoms with E-state index in [4.69, 9.17) is 0 Å². The van der Waals surface area contributed by atoms with Crippen LogP contribution in [0.5, 0.6) is 0 Å². The summed E-state index contributed by atoms with van der Waals surface area (Å²) in [6, 6.07) is 7.24. The van der Waals surface area contributed by atoms with Crippen LogP contribution in [0.15, 0.2) is 59.3 Å². The van der Waals surface area contributed by atoms with Crippen molar-refractivity contribution in [2.75, 3.05) is 0 Å². The van der Waals surface area contributed by atoms with E-state index in [0.29, 0.717) is 17.8 Å². The van der Waals surface area contributed by atoms with Crippen LogP contribution in [0.2, 0.25) is 0 Å². The molecular formula is C19H22N6O2. The highest BCUT2D eigenvalue weighted by Crippen LogP contribution is 2.00. The fraction of sp³-hybridized carbons (Fsp3) is 0.263. The molecule has 8 heteroatoms. The van der Waals surface area contributed by atoms with Gasteiger partial charge in [-0.25, -0.2) is 10.9 Å². The van der Waals surface area contributed by atoms with Gasteiger partial charge in [0.25, 0.3) is 0 Å². The third kappa shape index (κ3) is 7.15. The molecule has 0 bridgehead atoms. The van der Waals surface area contributed by atoms with Gasteiger partial charge in [-0.2, -0.15) is 10.2 Å². The van der Waals surface area contributed by atoms with Crippen molar-refractivity contribution in [2.45, 2.75) is 33.1 Å². The molecule has 2 rings (SSSR count). The third-order valence-corrected chi connectivity index (χ3v) is 3.70. The molecule has 0 radical (unpaired) electrons. The zero-order valence-corrected chi connectivity index (χ0v) is 15.3. The molecular weight excluding hydrogens is 344 g/mol. The summed E-state index contributed by atoms with van der Waals surface area (Å²) in [6.07, 6.45) is 7.45. The molecule has 2 heterocycles. The predicted octanol–water partition coefficient (Wildman–Crippen LogP) is 2.03. The lowest BCUT2D eigenvalue weighted by molar-refractivity contribution is -0.122. The van der Waals surface area contributed by atoms with E-state index in [1.54, 1.807) is 38.6 Å². The molecule has 0 atom stereocenters. The summed E-state index contributed by atoms with van der Waals surface area (Å²) in [5, 5.41) is 8.09. The molecule has 0 saturated carbocycles. The number of rotatable bonds is 8. The molecule has 0 fully saturated rings. The van der Waals surface area contributed by atoms with Gasteiger partial charge in [-0.05, 0) is 44.5 Å². The molecule has 2 aromatic heterocycles. The van der Waals surface area contributed by atoms with Crippen LogP contribution in [0.4, 0.5) is 0 Å². The monoisotopic (exact) mass is 366 g/mol. The Bertz CT molecular complexity index is 749. The topological polar surface area (TPSA) is 109 Å². The first-order valence-corrected chi connectivity index (χ1v) is 8.53. The summed E-state index contributed by atoms with van der Waals surface area (Å²) in [4.78, 5) is 31.5. The first-order chi connectivity index (χ1) is 13.1. The van der Waals surface area contributed by atoms with Crippen LogP contribution in [0, 0.1) is 0 Å². The number of pyridine rings is 2. The Balaban J connectivity index is 1.69. The molecule has 0 aliphatic heterocycles. The van der Waals surface area contributed by atoms with E-state index in [0.717, 1.165) is 11.1 Å². The van der Waals surface area contributed by atoms with E-state index in [2.05, 4.69) is 31.0 Å². The molecule has 0 spiro atoms. The highest BCUT2D eigenvalue weighted by atomic mass is 16.2. The molecule has 0 aliphatic carbocycles. The normalized spacial score (nSPS) is 11.8. The zero-order valence-electron chi connectivity index (χ0n) is 15.3. The molecule has 0 aromatic carbocycles. The van der Waals surface area contributed by atoms with Crippen molar-refractivity contribution >= 4 is 23.2 Å². The van der Waals surface area contributed by atoms with E-state index in [1.807, 2.05) is 24.3 Å². The van der Waals surface area contributed by atoms with Gasteiger partial charge < -0.3 is 0 Å². The Morgan fingerprint density at radius 1 is 0.778 bits per heavy atom. The molecule has 140 valence electrons. The Labute approximate surface area is 157 Å². The SMILES string of the molecule is C/C(=N\NC(=O)CCCC(=O)N/N=C(\C)c1ccncc1)c1ccncc1. The third-order valence-electron chi connectivity index (χ3n) is 3.70. The maximum absolute atomic E-state index is 11.8. The van der Waals surface area contributed by atoms with Crippen LogP contribution in [-0.4, -0.2) is 33.2 Å². The van der Waals surface area contributed by atoms with Crippen molar-refractivity contribution in [1.82, 2.24) is 20.8 Å². The van der Waals surface area contributed by atoms with Gasteiger partial charge >= 0.3 is 0 Å². The number of nitrogens with zero attached hydrogens (tertiary/aromatic N) is 4. The van der Waals surface area contributed by atoms with E-state index in [1.165, 1.54) is 0 Å². The van der Waals surface area contributed by atoms with Crippen molar-refractivity contribution in [3.8, 4) is 0 Å². The summed E-state index contributed by atoms with van der Waals surface area (Å²) in [7, 11) is 0. The highest BCUT2D eigenvalue weighted by molar-refractivity contribution is 5.99. The van der Waals surface area contributed by atoms with Crippen molar-refractivity contribution in [2.24, 2.45) is 10.2 Å². The predicted molar refractivity (Wildman–Crippen MR) is 103 cm³/mol. The molecule has 2 amide bonds. The summed E-state index contributed by atoms with van der Waals surface area (Å²) < 4.78 is 0. The Morgan fingerprint density at radius 2 is 1.15 bits per heavy atom. The van der Waals surface area contributed by atoms with Crippen molar-refractivity contribution < 1.29 is 9.59 Å². The van der Waals surface area contributed by atoms with Crippen LogP contribution < -0.4 is 10.9 Å². The number of nitrogens with one attached hydrogen (secondary N) is 2. The Hall–Kier alpha value is -3.42. The fourth-order valence-corrected chi connectivity index (χ4v) is 2.13. The second-order valence-electron chi connectivity index (χ2n) is 5.79. The standard InChI is InChI=1S/C19H22N6O2/c1-14(16-6-10-20-11-7-16)22-24-18(26)4-3-5-19(27)25-23-15(2)17-8-12-21-13-9-17/h6-13H,3-5H2,1-2H3,(H,24,26)(H,25,27)/b22-14+,23-15+. The second-order valence-corrected chi connectivity index (χ2v) is 5.79. The maximum atomic E-state index is 11.8. The first kappa shape index (κ1) is 19.9. The van der Waals surface area contributed by atoms with E-state index in [-0.39, 0.29) is 24.7 Å². The largest absolute Gasteiger partial charge is 0.273 e. The van der Waals surface area contributed by atoms with E-state index < -0.39 is 0 Å². The van der Waals surface area contributed by atoms with Gasteiger partial charge in [-0.3, -0.25) is 19.6 Å². The minimum atomic E-state index is -0.243. The molecule has 8 nitrogen and oxygen atoms in total. The molecule has 2 N–H and O–H groups in total. The highest BCUT2D eigenvalue weighted by Gasteiger charge is 2.05. The minimum Gasteiger partial charge on any atom is -0.273 e. The lowest BCUT2D eigenvalue weighted by Crippen LogP contribution is -2.21. The molecule has 27 heavy (non-hydrogen) atoms. The van der Waals surface area contributed by atoms with Gasteiger partial charge in [0.1, 0.15) is 0 Å². The second kappa shape index (κ2) is 10.5. The van der Waals surface area contributed by atoms with Gasteiger partial charge in [0.05, 0.1) is 11.4 Å². The summed E-state index contributed by atoms with van der Waals surface area (Å²) in [6.45, 7) is 3.60. The van der Waals surface area contributed by atoms with Crippen LogP contribution >= 0.6 is 0 Å². The molecule has 0 unspecified atom stereocenters. The Kier molecular flexibility index (Phi) is 7.77. The van der Waals surface area contributed by atoms with Crippen molar-refractivity contribution in [3.63, 3.8) is 0 Å². The number of carbonyl (C=O) groups is 2. The Morgan fingerprint density at radius 3 is 1.52 bits per heavy atom. The molecule has 2 aromatic rings. The summed E-state index contributed by atoms with van der Waals surface area (Å²) in [5.74, 6) is -0.486. The first-order valence-electron chi connectivity index (χ1n) is 8.53. The average molecular weight is 366 g/mol. The fourth-order valence-electron chi connectivity index (χ4n) is 2.13. The number of amides is 2. The van der Waals surface area contributed by atoms with Crippen molar-refractivity contribution in [3.05, 3.63) is 60.2 Å². The molecule has 0 saturated heterocycles. The quantitative estimate of drug-likeness (QED) is 0.550. The van der Waals surface area contributed by atoms with Crippen LogP contribution in [0.1, 0.15) is 44.2 Å². The van der Waals surface area contributed by atoms with Gasteiger partial charge in [-0.1, -0.05) is 0 Å². The number of hydrogen-bond acceptors (Lipinski definition) is 6. The zero-order chi connectivity index (χ0) is 19.5. The van der Waals surface area contributed by atoms with Crippen LogP contribution in [0.25, 0.3) is 0 Å². The van der Waals surface area contributed by atoms with Gasteiger partial charge in [0, 0.05) is 48.8 Å². The van der Waals surface area contributed by atoms with Gasteiger partial charge in [-0.15, -0.1) is 0 Å². The van der Waals surface area contributed by atoms with Gasteiger partial charge in [0.15, 0.2) is 0 Å².